The van der Waals surface area contributed by atoms with Gasteiger partial charge in [-0.15, -0.1) is 10.2 Å². The maximum Gasteiger partial charge on any atom is 0.259 e. The van der Waals surface area contributed by atoms with Crippen LogP contribution in [0.15, 0.2) is 53.4 Å². The number of hydrogen-bond donors (Lipinski definition) is 2. The SMILES string of the molecule is CNS(=O)(=O)c1ccc(Cl)c(C(=O)Nc2nnc(-c3ccccc3)s2)c1. The van der Waals surface area contributed by atoms with Crippen LogP contribution in [-0.4, -0.2) is 31.6 Å². The summed E-state index contributed by atoms with van der Waals surface area (Å²) in [7, 11) is -2.40. The minimum atomic E-state index is -3.69. The Morgan fingerprint density at radius 1 is 1.12 bits per heavy atom. The molecule has 7 nitrogen and oxygen atoms in total. The third-order valence-corrected chi connectivity index (χ3v) is 6.06. The number of rotatable bonds is 5. The lowest BCUT2D eigenvalue weighted by molar-refractivity contribution is 0.102. The summed E-state index contributed by atoms with van der Waals surface area (Å²) >= 11 is 7.24. The van der Waals surface area contributed by atoms with Gasteiger partial charge in [0.1, 0.15) is 5.01 Å². The van der Waals surface area contributed by atoms with Crippen LogP contribution >= 0.6 is 22.9 Å². The monoisotopic (exact) mass is 408 g/mol. The van der Waals surface area contributed by atoms with Gasteiger partial charge in [-0.3, -0.25) is 10.1 Å². The van der Waals surface area contributed by atoms with Crippen LogP contribution in [0, 0.1) is 0 Å². The van der Waals surface area contributed by atoms with E-state index in [1.807, 2.05) is 30.3 Å². The first-order valence-electron chi connectivity index (χ1n) is 7.34. The highest BCUT2D eigenvalue weighted by Crippen LogP contribution is 2.27. The van der Waals surface area contributed by atoms with Crippen molar-refractivity contribution in [2.24, 2.45) is 0 Å². The number of carbonyl (C=O) groups excluding carboxylic acids is 1. The Morgan fingerprint density at radius 2 is 1.85 bits per heavy atom. The van der Waals surface area contributed by atoms with Crippen molar-refractivity contribution < 1.29 is 13.2 Å². The molecular weight excluding hydrogens is 396 g/mol. The molecule has 0 aliphatic rings. The lowest BCUT2D eigenvalue weighted by Crippen LogP contribution is -2.20. The summed E-state index contributed by atoms with van der Waals surface area (Å²) in [6, 6.07) is 13.3. The van der Waals surface area contributed by atoms with E-state index in [9.17, 15) is 13.2 Å². The Balaban J connectivity index is 1.85. The second-order valence-corrected chi connectivity index (χ2v) is 8.35. The Labute approximate surface area is 159 Å². The van der Waals surface area contributed by atoms with E-state index >= 15 is 0 Å². The second kappa shape index (κ2) is 7.50. The molecule has 0 saturated heterocycles. The van der Waals surface area contributed by atoms with Crippen molar-refractivity contribution in [1.82, 2.24) is 14.9 Å². The predicted octanol–water partition coefficient (Wildman–Crippen LogP) is 3.02. The van der Waals surface area contributed by atoms with Gasteiger partial charge in [-0.2, -0.15) is 0 Å². The van der Waals surface area contributed by atoms with E-state index in [0.29, 0.717) is 5.01 Å². The number of halogens is 1. The number of hydrogen-bond acceptors (Lipinski definition) is 6. The van der Waals surface area contributed by atoms with Crippen LogP contribution in [0.5, 0.6) is 0 Å². The lowest BCUT2D eigenvalue weighted by Gasteiger charge is -2.07. The van der Waals surface area contributed by atoms with Crippen LogP contribution in [0.1, 0.15) is 10.4 Å². The van der Waals surface area contributed by atoms with Gasteiger partial charge in [-0.25, -0.2) is 13.1 Å². The molecule has 10 heteroatoms. The van der Waals surface area contributed by atoms with Crippen LogP contribution in [0.3, 0.4) is 0 Å². The fourth-order valence-corrected chi connectivity index (χ4v) is 3.80. The fraction of sp³-hybridized carbons (Fsp3) is 0.0625. The van der Waals surface area contributed by atoms with Crippen LogP contribution < -0.4 is 10.0 Å². The Bertz CT molecular complexity index is 1050. The molecule has 0 aliphatic carbocycles. The van der Waals surface area contributed by atoms with E-state index in [0.717, 1.165) is 5.56 Å². The van der Waals surface area contributed by atoms with Crippen molar-refractivity contribution in [3.05, 3.63) is 59.1 Å². The van der Waals surface area contributed by atoms with Crippen molar-refractivity contribution in [2.45, 2.75) is 4.90 Å². The lowest BCUT2D eigenvalue weighted by atomic mass is 10.2. The van der Waals surface area contributed by atoms with Gasteiger partial charge in [-0.1, -0.05) is 53.3 Å². The Hall–Kier alpha value is -2.33. The first-order chi connectivity index (χ1) is 12.4. The zero-order chi connectivity index (χ0) is 18.7. The average molecular weight is 409 g/mol. The molecule has 2 aromatic carbocycles. The Morgan fingerprint density at radius 3 is 2.54 bits per heavy atom. The number of nitrogens with one attached hydrogen (secondary N) is 2. The highest BCUT2D eigenvalue weighted by molar-refractivity contribution is 7.89. The minimum Gasteiger partial charge on any atom is -0.296 e. The van der Waals surface area contributed by atoms with Crippen molar-refractivity contribution in [3.8, 4) is 10.6 Å². The highest BCUT2D eigenvalue weighted by Gasteiger charge is 2.18. The number of benzene rings is 2. The molecule has 0 unspecified atom stereocenters. The van der Waals surface area contributed by atoms with E-state index in [2.05, 4.69) is 20.2 Å². The zero-order valence-electron chi connectivity index (χ0n) is 13.4. The molecule has 2 N–H and O–H groups in total. The highest BCUT2D eigenvalue weighted by atomic mass is 35.5. The number of nitrogens with zero attached hydrogens (tertiary/aromatic N) is 2. The molecule has 1 amide bonds. The number of sulfonamides is 1. The van der Waals surface area contributed by atoms with Gasteiger partial charge in [0.25, 0.3) is 5.91 Å². The summed E-state index contributed by atoms with van der Waals surface area (Å²) in [5.41, 5.74) is 0.907. The van der Waals surface area contributed by atoms with Gasteiger partial charge in [0, 0.05) is 5.56 Å². The number of anilines is 1. The predicted molar refractivity (Wildman–Crippen MR) is 101 cm³/mol. The third kappa shape index (κ3) is 3.91. The number of aromatic nitrogens is 2. The average Bonchev–Trinajstić information content (AvgIpc) is 3.11. The van der Waals surface area contributed by atoms with E-state index in [-0.39, 0.29) is 20.6 Å². The maximum atomic E-state index is 12.5. The van der Waals surface area contributed by atoms with Crippen molar-refractivity contribution in [1.29, 1.82) is 0 Å². The first-order valence-corrected chi connectivity index (χ1v) is 10.0. The van der Waals surface area contributed by atoms with Crippen molar-refractivity contribution in [2.75, 3.05) is 12.4 Å². The first kappa shape index (κ1) is 18.5. The van der Waals surface area contributed by atoms with E-state index < -0.39 is 15.9 Å². The van der Waals surface area contributed by atoms with E-state index in [4.69, 9.17) is 11.6 Å². The molecule has 0 bridgehead atoms. The second-order valence-electron chi connectivity index (χ2n) is 5.08. The van der Waals surface area contributed by atoms with Crippen molar-refractivity contribution >= 4 is 44.0 Å². The summed E-state index contributed by atoms with van der Waals surface area (Å²) in [4.78, 5) is 12.4. The molecule has 1 aromatic heterocycles. The summed E-state index contributed by atoms with van der Waals surface area (Å²) < 4.78 is 26.0. The molecule has 0 saturated carbocycles. The summed E-state index contributed by atoms with van der Waals surface area (Å²) in [6.07, 6.45) is 0. The van der Waals surface area contributed by atoms with Crippen LogP contribution in [-0.2, 0) is 10.0 Å². The molecular formula is C16H13ClN4O3S2. The summed E-state index contributed by atoms with van der Waals surface area (Å²) in [6.45, 7) is 0. The Kier molecular flexibility index (Phi) is 5.33. The van der Waals surface area contributed by atoms with E-state index in [1.165, 1.54) is 36.6 Å². The molecule has 0 radical (unpaired) electrons. The summed E-state index contributed by atoms with van der Waals surface area (Å²) in [5.74, 6) is -0.570. The van der Waals surface area contributed by atoms with Gasteiger partial charge in [0.2, 0.25) is 15.2 Å². The normalized spacial score (nSPS) is 11.3. The molecule has 3 aromatic rings. The van der Waals surface area contributed by atoms with Crippen molar-refractivity contribution in [3.63, 3.8) is 0 Å². The molecule has 26 heavy (non-hydrogen) atoms. The molecule has 0 spiro atoms. The molecule has 3 rings (SSSR count). The quantitative estimate of drug-likeness (QED) is 0.675. The standard InChI is InChI=1S/C16H13ClN4O3S2/c1-18-26(23,24)11-7-8-13(17)12(9-11)14(22)19-16-21-20-15(25-16)10-5-3-2-4-6-10/h2-9,18H,1H3,(H,19,21,22). The van der Waals surface area contributed by atoms with Gasteiger partial charge < -0.3 is 0 Å². The minimum absolute atomic E-state index is 0.0273. The molecule has 1 heterocycles. The largest absolute Gasteiger partial charge is 0.296 e. The molecule has 0 aliphatic heterocycles. The molecule has 0 fully saturated rings. The van der Waals surface area contributed by atoms with Gasteiger partial charge >= 0.3 is 0 Å². The topological polar surface area (TPSA) is 101 Å². The fourth-order valence-electron chi connectivity index (χ4n) is 2.10. The van der Waals surface area contributed by atoms with Gasteiger partial charge in [-0.05, 0) is 25.2 Å². The molecule has 134 valence electrons. The number of carbonyl (C=O) groups is 1. The van der Waals surface area contributed by atoms with Crippen LogP contribution in [0.4, 0.5) is 5.13 Å². The maximum absolute atomic E-state index is 12.5. The zero-order valence-corrected chi connectivity index (χ0v) is 15.8. The van der Waals surface area contributed by atoms with E-state index in [1.54, 1.807) is 0 Å². The van der Waals surface area contributed by atoms with Gasteiger partial charge in [0.15, 0.2) is 0 Å². The smallest absolute Gasteiger partial charge is 0.259 e. The van der Waals surface area contributed by atoms with Crippen LogP contribution in [0.2, 0.25) is 5.02 Å². The third-order valence-electron chi connectivity index (χ3n) is 3.43. The number of amides is 1. The van der Waals surface area contributed by atoms with Crippen LogP contribution in [0.25, 0.3) is 10.6 Å². The molecule has 0 atom stereocenters. The summed E-state index contributed by atoms with van der Waals surface area (Å²) in [5, 5.41) is 11.6. The van der Waals surface area contributed by atoms with Gasteiger partial charge in [0.05, 0.1) is 15.5 Å².